The van der Waals surface area contributed by atoms with Gasteiger partial charge >= 0.3 is 5.97 Å². The van der Waals surface area contributed by atoms with Crippen LogP contribution in [0.25, 0.3) is 0 Å². The minimum atomic E-state index is -0.368. The molecule has 1 fully saturated rings. The molecule has 1 saturated heterocycles. The Morgan fingerprint density at radius 3 is 2.93 bits per heavy atom. The van der Waals surface area contributed by atoms with Crippen molar-refractivity contribution in [3.8, 4) is 0 Å². The molecule has 4 heteroatoms. The lowest BCUT2D eigenvalue weighted by Gasteiger charge is -2.22. The molecular weight excluding hydrogens is 194 g/mol. The molecule has 0 N–H and O–H groups in total. The van der Waals surface area contributed by atoms with Gasteiger partial charge in [-0.15, -0.1) is 6.58 Å². The van der Waals surface area contributed by atoms with Gasteiger partial charge < -0.3 is 9.64 Å². The molecule has 1 rings (SSSR count). The number of esters is 1. The predicted molar refractivity (Wildman–Crippen MR) is 56.2 cm³/mol. The highest BCUT2D eigenvalue weighted by atomic mass is 16.5. The van der Waals surface area contributed by atoms with Crippen LogP contribution < -0.4 is 0 Å². The number of hydrogen-bond acceptors (Lipinski definition) is 3. The molecular formula is C11H17NO3. The zero-order valence-corrected chi connectivity index (χ0v) is 9.07. The van der Waals surface area contributed by atoms with Crippen LogP contribution in [0.5, 0.6) is 0 Å². The van der Waals surface area contributed by atoms with Crippen LogP contribution >= 0.6 is 0 Å². The third-order valence-electron chi connectivity index (χ3n) is 2.61. The van der Waals surface area contributed by atoms with Crippen LogP contribution in [0.3, 0.4) is 0 Å². The molecule has 0 unspecified atom stereocenters. The first-order chi connectivity index (χ1) is 7.20. The van der Waals surface area contributed by atoms with E-state index in [1.54, 1.807) is 11.0 Å². The second kappa shape index (κ2) is 5.53. The van der Waals surface area contributed by atoms with Gasteiger partial charge in [0.2, 0.25) is 5.91 Å². The van der Waals surface area contributed by atoms with Gasteiger partial charge in [0.1, 0.15) is 6.04 Å². The zero-order valence-electron chi connectivity index (χ0n) is 9.07. The van der Waals surface area contributed by atoms with Gasteiger partial charge in [0.25, 0.3) is 0 Å². The lowest BCUT2D eigenvalue weighted by Crippen LogP contribution is -2.40. The van der Waals surface area contributed by atoms with Gasteiger partial charge in [0.05, 0.1) is 7.11 Å². The number of ether oxygens (including phenoxy) is 1. The number of likely N-dealkylation sites (tertiary alicyclic amines) is 1. The number of rotatable bonds is 4. The van der Waals surface area contributed by atoms with E-state index in [-0.39, 0.29) is 17.9 Å². The Morgan fingerprint density at radius 1 is 1.60 bits per heavy atom. The fourth-order valence-corrected chi connectivity index (χ4v) is 1.82. The van der Waals surface area contributed by atoms with Crippen LogP contribution in [0.2, 0.25) is 0 Å². The number of methoxy groups -OCH3 is 1. The smallest absolute Gasteiger partial charge is 0.328 e. The van der Waals surface area contributed by atoms with E-state index in [1.807, 2.05) is 0 Å². The van der Waals surface area contributed by atoms with E-state index >= 15 is 0 Å². The van der Waals surface area contributed by atoms with Crippen molar-refractivity contribution in [1.82, 2.24) is 4.90 Å². The minimum Gasteiger partial charge on any atom is -0.467 e. The summed E-state index contributed by atoms with van der Waals surface area (Å²) in [5.41, 5.74) is 0. The van der Waals surface area contributed by atoms with Crippen LogP contribution in [0.4, 0.5) is 0 Å². The largest absolute Gasteiger partial charge is 0.467 e. The molecule has 0 radical (unpaired) electrons. The molecule has 4 nitrogen and oxygen atoms in total. The Bertz CT molecular complexity index is 263. The number of amides is 1. The molecule has 1 aliphatic heterocycles. The maximum atomic E-state index is 11.7. The summed E-state index contributed by atoms with van der Waals surface area (Å²) in [6.45, 7) is 4.23. The molecule has 1 aliphatic rings. The maximum absolute atomic E-state index is 11.7. The first-order valence-corrected chi connectivity index (χ1v) is 5.19. The third kappa shape index (κ3) is 2.81. The summed E-state index contributed by atoms with van der Waals surface area (Å²) < 4.78 is 4.67. The van der Waals surface area contributed by atoms with Crippen LogP contribution in [0, 0.1) is 0 Å². The molecule has 0 spiro atoms. The van der Waals surface area contributed by atoms with Gasteiger partial charge in [-0.2, -0.15) is 0 Å². The number of carbonyl (C=O) groups excluding carboxylic acids is 2. The van der Waals surface area contributed by atoms with E-state index in [4.69, 9.17) is 0 Å². The molecule has 0 bridgehead atoms. The Kier molecular flexibility index (Phi) is 4.34. The summed E-state index contributed by atoms with van der Waals surface area (Å²) in [6.07, 6.45) is 4.38. The molecule has 1 atom stereocenters. The summed E-state index contributed by atoms with van der Waals surface area (Å²) in [4.78, 5) is 24.7. The highest BCUT2D eigenvalue weighted by molar-refractivity contribution is 5.85. The molecule has 1 amide bonds. The maximum Gasteiger partial charge on any atom is 0.328 e. The van der Waals surface area contributed by atoms with Crippen molar-refractivity contribution in [3.63, 3.8) is 0 Å². The van der Waals surface area contributed by atoms with Crippen molar-refractivity contribution in [1.29, 1.82) is 0 Å². The topological polar surface area (TPSA) is 46.6 Å². The summed E-state index contributed by atoms with van der Waals surface area (Å²) in [5.74, 6) is -0.290. The number of nitrogens with zero attached hydrogens (tertiary/aromatic N) is 1. The molecule has 0 saturated carbocycles. The van der Waals surface area contributed by atoms with Gasteiger partial charge in [-0.05, 0) is 19.3 Å². The van der Waals surface area contributed by atoms with Crippen molar-refractivity contribution in [2.45, 2.75) is 31.7 Å². The van der Waals surface area contributed by atoms with Crippen LogP contribution in [0.15, 0.2) is 12.7 Å². The molecule has 84 valence electrons. The molecule has 0 aromatic carbocycles. The summed E-state index contributed by atoms with van der Waals surface area (Å²) in [6, 6.07) is -0.368. The lowest BCUT2D eigenvalue weighted by atomic mass is 10.2. The first-order valence-electron chi connectivity index (χ1n) is 5.19. The van der Waals surface area contributed by atoms with Gasteiger partial charge in [-0.25, -0.2) is 4.79 Å². The van der Waals surface area contributed by atoms with Gasteiger partial charge in [0, 0.05) is 13.0 Å². The number of carbonyl (C=O) groups is 2. The van der Waals surface area contributed by atoms with E-state index in [9.17, 15) is 9.59 Å². The fourth-order valence-electron chi connectivity index (χ4n) is 1.82. The second-order valence-corrected chi connectivity index (χ2v) is 3.60. The number of allylic oxidation sites excluding steroid dienone is 1. The van der Waals surface area contributed by atoms with Crippen molar-refractivity contribution in [2.24, 2.45) is 0 Å². The van der Waals surface area contributed by atoms with Crippen LogP contribution in [-0.2, 0) is 14.3 Å². The Morgan fingerprint density at radius 2 is 2.33 bits per heavy atom. The normalized spacial score (nSPS) is 20.1. The fraction of sp³-hybridized carbons (Fsp3) is 0.636. The molecule has 0 aliphatic carbocycles. The van der Waals surface area contributed by atoms with Crippen molar-refractivity contribution in [2.75, 3.05) is 13.7 Å². The van der Waals surface area contributed by atoms with Gasteiger partial charge in [-0.1, -0.05) is 6.08 Å². The average Bonchev–Trinajstić information content (AvgIpc) is 2.73. The highest BCUT2D eigenvalue weighted by Gasteiger charge is 2.34. The Hall–Kier alpha value is -1.32. The lowest BCUT2D eigenvalue weighted by molar-refractivity contribution is -0.150. The van der Waals surface area contributed by atoms with Gasteiger partial charge in [-0.3, -0.25) is 4.79 Å². The van der Waals surface area contributed by atoms with E-state index in [2.05, 4.69) is 11.3 Å². The van der Waals surface area contributed by atoms with Crippen LogP contribution in [0.1, 0.15) is 25.7 Å². The van der Waals surface area contributed by atoms with E-state index in [1.165, 1.54) is 7.11 Å². The van der Waals surface area contributed by atoms with Crippen molar-refractivity contribution >= 4 is 11.9 Å². The Balaban J connectivity index is 2.55. The van der Waals surface area contributed by atoms with Crippen LogP contribution in [-0.4, -0.2) is 36.5 Å². The van der Waals surface area contributed by atoms with E-state index < -0.39 is 0 Å². The minimum absolute atomic E-state index is 0.0165. The third-order valence-corrected chi connectivity index (χ3v) is 2.61. The highest BCUT2D eigenvalue weighted by Crippen LogP contribution is 2.19. The standard InChI is InChI=1S/C11H17NO3/c1-3-4-7-10(13)12-8-5-6-9(12)11(14)15-2/h3,9H,1,4-8H2,2H3/t9-/m0/s1. The van der Waals surface area contributed by atoms with Crippen molar-refractivity contribution < 1.29 is 14.3 Å². The SMILES string of the molecule is C=CCCC(=O)N1CCC[C@H]1C(=O)OC. The predicted octanol–water partition coefficient (Wildman–Crippen LogP) is 1.12. The molecule has 0 aromatic rings. The van der Waals surface area contributed by atoms with E-state index in [0.29, 0.717) is 25.8 Å². The zero-order chi connectivity index (χ0) is 11.3. The summed E-state index contributed by atoms with van der Waals surface area (Å²) in [7, 11) is 1.35. The first kappa shape index (κ1) is 11.8. The van der Waals surface area contributed by atoms with Gasteiger partial charge in [0.15, 0.2) is 0 Å². The monoisotopic (exact) mass is 211 g/mol. The molecule has 15 heavy (non-hydrogen) atoms. The summed E-state index contributed by atoms with van der Waals surface area (Å²) in [5, 5.41) is 0. The Labute approximate surface area is 89.9 Å². The molecule has 1 heterocycles. The van der Waals surface area contributed by atoms with Crippen molar-refractivity contribution in [3.05, 3.63) is 12.7 Å². The average molecular weight is 211 g/mol. The molecule has 0 aromatic heterocycles. The number of hydrogen-bond donors (Lipinski definition) is 0. The quantitative estimate of drug-likeness (QED) is 0.517. The second-order valence-electron chi connectivity index (χ2n) is 3.60. The summed E-state index contributed by atoms with van der Waals surface area (Å²) >= 11 is 0. The van der Waals surface area contributed by atoms with E-state index in [0.717, 1.165) is 6.42 Å².